The molecule has 1 aliphatic rings. The van der Waals surface area contributed by atoms with Crippen LogP contribution >= 0.6 is 0 Å². The highest BCUT2D eigenvalue weighted by Crippen LogP contribution is 2.39. The van der Waals surface area contributed by atoms with Crippen molar-refractivity contribution < 1.29 is 0 Å². The second-order valence-electron chi connectivity index (χ2n) is 6.11. The van der Waals surface area contributed by atoms with Crippen molar-refractivity contribution in [2.45, 2.75) is 52.5 Å². The molecule has 1 nitrogen and oxygen atoms in total. The van der Waals surface area contributed by atoms with Crippen LogP contribution in [0.1, 0.15) is 57.2 Å². The average Bonchev–Trinajstić information content (AvgIpc) is 2.41. The fourth-order valence-electron chi connectivity index (χ4n) is 3.35. The third-order valence-electron chi connectivity index (χ3n) is 4.94. The molecule has 0 aromatic heterocycles. The van der Waals surface area contributed by atoms with Gasteiger partial charge in [0.05, 0.1) is 0 Å². The van der Waals surface area contributed by atoms with Crippen LogP contribution in [0, 0.1) is 17.8 Å². The maximum Gasteiger partial charge on any atom is 0.0326 e. The second-order valence-corrected chi connectivity index (χ2v) is 6.11. The standard InChI is InChI=1S/C17H27N/c1-4-14-7-5-6-8-16(14)17(18)15-10-9-12(2)13(3)11-15/h5-8,12-13,15,17H,4,9-11,18H2,1-3H3. The summed E-state index contributed by atoms with van der Waals surface area (Å²) in [5.74, 6) is 2.36. The lowest BCUT2D eigenvalue weighted by Crippen LogP contribution is -2.30. The van der Waals surface area contributed by atoms with Crippen LogP contribution < -0.4 is 5.73 Å². The summed E-state index contributed by atoms with van der Waals surface area (Å²) in [5.41, 5.74) is 9.36. The normalized spacial score (nSPS) is 30.1. The zero-order chi connectivity index (χ0) is 13.1. The van der Waals surface area contributed by atoms with E-state index in [4.69, 9.17) is 5.73 Å². The van der Waals surface area contributed by atoms with E-state index in [2.05, 4.69) is 45.0 Å². The molecule has 0 heterocycles. The molecular weight excluding hydrogens is 218 g/mol. The van der Waals surface area contributed by atoms with E-state index in [9.17, 15) is 0 Å². The first kappa shape index (κ1) is 13.6. The van der Waals surface area contributed by atoms with Gasteiger partial charge in [-0.1, -0.05) is 51.5 Å². The van der Waals surface area contributed by atoms with Gasteiger partial charge in [-0.05, 0) is 48.1 Å². The predicted octanol–water partition coefficient (Wildman–Crippen LogP) is 4.32. The van der Waals surface area contributed by atoms with Crippen molar-refractivity contribution in [2.24, 2.45) is 23.5 Å². The van der Waals surface area contributed by atoms with Gasteiger partial charge in [0.15, 0.2) is 0 Å². The summed E-state index contributed by atoms with van der Waals surface area (Å²) in [4.78, 5) is 0. The Morgan fingerprint density at radius 3 is 2.56 bits per heavy atom. The van der Waals surface area contributed by atoms with Crippen LogP contribution in [0.3, 0.4) is 0 Å². The van der Waals surface area contributed by atoms with Gasteiger partial charge in [0.25, 0.3) is 0 Å². The number of aryl methyl sites for hydroxylation is 1. The molecule has 4 unspecified atom stereocenters. The van der Waals surface area contributed by atoms with Gasteiger partial charge >= 0.3 is 0 Å². The van der Waals surface area contributed by atoms with Crippen LogP contribution in [0.25, 0.3) is 0 Å². The fraction of sp³-hybridized carbons (Fsp3) is 0.647. The molecule has 2 N–H and O–H groups in total. The Morgan fingerprint density at radius 2 is 1.89 bits per heavy atom. The quantitative estimate of drug-likeness (QED) is 0.843. The van der Waals surface area contributed by atoms with Crippen LogP contribution in [0.4, 0.5) is 0 Å². The first-order valence-corrected chi connectivity index (χ1v) is 7.46. The van der Waals surface area contributed by atoms with Gasteiger partial charge in [0, 0.05) is 6.04 Å². The average molecular weight is 245 g/mol. The van der Waals surface area contributed by atoms with E-state index < -0.39 is 0 Å². The number of hydrogen-bond acceptors (Lipinski definition) is 1. The molecule has 1 aromatic rings. The number of hydrogen-bond donors (Lipinski definition) is 1. The second kappa shape index (κ2) is 5.88. The predicted molar refractivity (Wildman–Crippen MR) is 78.4 cm³/mol. The van der Waals surface area contributed by atoms with Gasteiger partial charge in [-0.15, -0.1) is 0 Å². The van der Waals surface area contributed by atoms with Gasteiger partial charge in [0.1, 0.15) is 0 Å². The Hall–Kier alpha value is -0.820. The first-order valence-electron chi connectivity index (χ1n) is 7.46. The highest BCUT2D eigenvalue weighted by Gasteiger charge is 2.29. The monoisotopic (exact) mass is 245 g/mol. The highest BCUT2D eigenvalue weighted by molar-refractivity contribution is 5.30. The summed E-state index contributed by atoms with van der Waals surface area (Å²) >= 11 is 0. The summed E-state index contributed by atoms with van der Waals surface area (Å²) in [6.07, 6.45) is 5.02. The third-order valence-corrected chi connectivity index (χ3v) is 4.94. The minimum absolute atomic E-state index is 0.232. The van der Waals surface area contributed by atoms with Gasteiger partial charge < -0.3 is 5.73 Å². The fourth-order valence-corrected chi connectivity index (χ4v) is 3.35. The molecule has 1 heteroatoms. The van der Waals surface area contributed by atoms with Crippen LogP contribution in [-0.2, 0) is 6.42 Å². The maximum absolute atomic E-state index is 6.55. The lowest BCUT2D eigenvalue weighted by molar-refractivity contribution is 0.186. The van der Waals surface area contributed by atoms with Crippen molar-refractivity contribution in [1.82, 2.24) is 0 Å². The molecule has 18 heavy (non-hydrogen) atoms. The molecule has 4 atom stereocenters. The van der Waals surface area contributed by atoms with Crippen molar-refractivity contribution in [3.8, 4) is 0 Å². The molecule has 0 radical (unpaired) electrons. The van der Waals surface area contributed by atoms with Gasteiger partial charge in [-0.25, -0.2) is 0 Å². The zero-order valence-corrected chi connectivity index (χ0v) is 12.0. The number of nitrogens with two attached hydrogens (primary N) is 1. The third kappa shape index (κ3) is 2.77. The molecule has 0 saturated heterocycles. The first-order chi connectivity index (χ1) is 8.63. The molecule has 100 valence electrons. The van der Waals surface area contributed by atoms with E-state index in [0.29, 0.717) is 5.92 Å². The summed E-state index contributed by atoms with van der Waals surface area (Å²) in [7, 11) is 0. The van der Waals surface area contributed by atoms with E-state index in [1.54, 1.807) is 0 Å². The van der Waals surface area contributed by atoms with Crippen molar-refractivity contribution >= 4 is 0 Å². The molecule has 0 spiro atoms. The topological polar surface area (TPSA) is 26.0 Å². The molecular formula is C17H27N. The molecule has 0 bridgehead atoms. The van der Waals surface area contributed by atoms with E-state index in [1.165, 1.54) is 30.4 Å². The van der Waals surface area contributed by atoms with E-state index in [1.807, 2.05) is 0 Å². The molecule has 1 aromatic carbocycles. The Bertz CT molecular complexity index is 385. The maximum atomic E-state index is 6.55. The summed E-state index contributed by atoms with van der Waals surface area (Å²) in [6.45, 7) is 6.98. The van der Waals surface area contributed by atoms with E-state index in [-0.39, 0.29) is 6.04 Å². The largest absolute Gasteiger partial charge is 0.324 e. The summed E-state index contributed by atoms with van der Waals surface area (Å²) in [5, 5.41) is 0. The van der Waals surface area contributed by atoms with Gasteiger partial charge in [-0.3, -0.25) is 0 Å². The Morgan fingerprint density at radius 1 is 1.17 bits per heavy atom. The number of rotatable bonds is 3. The smallest absolute Gasteiger partial charge is 0.0326 e. The van der Waals surface area contributed by atoms with Gasteiger partial charge in [0.2, 0.25) is 0 Å². The van der Waals surface area contributed by atoms with Crippen molar-refractivity contribution in [3.63, 3.8) is 0 Å². The summed E-state index contributed by atoms with van der Waals surface area (Å²) in [6, 6.07) is 8.94. The van der Waals surface area contributed by atoms with Gasteiger partial charge in [-0.2, -0.15) is 0 Å². The van der Waals surface area contributed by atoms with Crippen molar-refractivity contribution in [2.75, 3.05) is 0 Å². The van der Waals surface area contributed by atoms with Crippen molar-refractivity contribution in [1.29, 1.82) is 0 Å². The molecule has 1 aliphatic carbocycles. The van der Waals surface area contributed by atoms with E-state index in [0.717, 1.165) is 18.3 Å². The Kier molecular flexibility index (Phi) is 4.45. The van der Waals surface area contributed by atoms with Crippen LogP contribution in [0.15, 0.2) is 24.3 Å². The highest BCUT2D eigenvalue weighted by atomic mass is 14.7. The molecule has 0 aliphatic heterocycles. The lowest BCUT2D eigenvalue weighted by Gasteiger charge is -2.36. The van der Waals surface area contributed by atoms with Crippen LogP contribution in [-0.4, -0.2) is 0 Å². The Labute approximate surface area is 112 Å². The van der Waals surface area contributed by atoms with Crippen molar-refractivity contribution in [3.05, 3.63) is 35.4 Å². The Balaban J connectivity index is 2.13. The van der Waals surface area contributed by atoms with E-state index >= 15 is 0 Å². The molecule has 0 amide bonds. The SMILES string of the molecule is CCc1ccccc1C(N)C1CCC(C)C(C)C1. The summed E-state index contributed by atoms with van der Waals surface area (Å²) < 4.78 is 0. The van der Waals surface area contributed by atoms with Crippen LogP contribution in [0.2, 0.25) is 0 Å². The number of benzene rings is 1. The minimum Gasteiger partial charge on any atom is -0.324 e. The van der Waals surface area contributed by atoms with Crippen LogP contribution in [0.5, 0.6) is 0 Å². The molecule has 1 saturated carbocycles. The molecule has 2 rings (SSSR count). The molecule has 1 fully saturated rings. The zero-order valence-electron chi connectivity index (χ0n) is 12.0. The lowest BCUT2D eigenvalue weighted by atomic mass is 9.72. The minimum atomic E-state index is 0.232.